The molecule has 0 spiro atoms. The van der Waals surface area contributed by atoms with Gasteiger partial charge in [0.25, 0.3) is 5.91 Å². The Bertz CT molecular complexity index is 865. The molecule has 3 rings (SSSR count). The number of benzene rings is 2. The number of nitrogens with one attached hydrogen (secondary N) is 1. The van der Waals surface area contributed by atoms with Crippen molar-refractivity contribution in [3.8, 4) is 16.9 Å². The van der Waals surface area contributed by atoms with Gasteiger partial charge in [0.1, 0.15) is 11.4 Å². The molecule has 0 saturated carbocycles. The molecule has 1 amide bonds. The Morgan fingerprint density at radius 1 is 1.08 bits per heavy atom. The van der Waals surface area contributed by atoms with Crippen LogP contribution in [-0.4, -0.2) is 18.0 Å². The topological polar surface area (TPSA) is 51.2 Å². The standard InChI is InChI=1S/C20H17ClN2O2/c1-25-15-10-8-14(9-11-15)16-5-4-6-18(21)17(16)13-23-20(24)19-7-2-3-12-22-19/h2-12H,13H2,1H3,(H,23,24). The maximum atomic E-state index is 12.2. The van der Waals surface area contributed by atoms with Gasteiger partial charge in [-0.3, -0.25) is 9.78 Å². The van der Waals surface area contributed by atoms with Crippen LogP contribution in [0.3, 0.4) is 0 Å². The summed E-state index contributed by atoms with van der Waals surface area (Å²) in [6, 6.07) is 18.6. The smallest absolute Gasteiger partial charge is 0.270 e. The second kappa shape index (κ2) is 7.81. The molecule has 0 bridgehead atoms. The zero-order chi connectivity index (χ0) is 17.6. The first-order valence-corrected chi connectivity index (χ1v) is 8.18. The molecule has 0 aliphatic heterocycles. The molecule has 1 aromatic heterocycles. The molecule has 25 heavy (non-hydrogen) atoms. The molecule has 1 N–H and O–H groups in total. The molecule has 0 aliphatic carbocycles. The summed E-state index contributed by atoms with van der Waals surface area (Å²) < 4.78 is 5.20. The van der Waals surface area contributed by atoms with Crippen LogP contribution < -0.4 is 10.1 Å². The molecule has 0 radical (unpaired) electrons. The zero-order valence-corrected chi connectivity index (χ0v) is 14.5. The van der Waals surface area contributed by atoms with E-state index < -0.39 is 0 Å². The molecule has 0 unspecified atom stereocenters. The minimum absolute atomic E-state index is 0.235. The minimum atomic E-state index is -0.235. The van der Waals surface area contributed by atoms with Gasteiger partial charge in [0.05, 0.1) is 7.11 Å². The number of halogens is 1. The molecule has 5 heteroatoms. The summed E-state index contributed by atoms with van der Waals surface area (Å²) in [6.45, 7) is 0.316. The quantitative estimate of drug-likeness (QED) is 0.743. The Balaban J connectivity index is 1.84. The number of rotatable bonds is 5. The monoisotopic (exact) mass is 352 g/mol. The fourth-order valence-corrected chi connectivity index (χ4v) is 2.78. The third-order valence-corrected chi connectivity index (χ3v) is 4.20. The van der Waals surface area contributed by atoms with Crippen LogP contribution in [-0.2, 0) is 6.54 Å². The summed E-state index contributed by atoms with van der Waals surface area (Å²) in [5.74, 6) is 0.553. The van der Waals surface area contributed by atoms with E-state index in [4.69, 9.17) is 16.3 Å². The largest absolute Gasteiger partial charge is 0.497 e. The lowest BCUT2D eigenvalue weighted by molar-refractivity contribution is 0.0946. The van der Waals surface area contributed by atoms with Crippen LogP contribution in [0.4, 0.5) is 0 Å². The number of nitrogens with zero attached hydrogens (tertiary/aromatic N) is 1. The van der Waals surface area contributed by atoms with Crippen LogP contribution in [0.25, 0.3) is 11.1 Å². The molecule has 2 aromatic carbocycles. The Kier molecular flexibility index (Phi) is 5.31. The molecular weight excluding hydrogens is 336 g/mol. The highest BCUT2D eigenvalue weighted by Crippen LogP contribution is 2.30. The van der Waals surface area contributed by atoms with E-state index in [1.54, 1.807) is 31.5 Å². The van der Waals surface area contributed by atoms with Crippen LogP contribution in [0.15, 0.2) is 66.9 Å². The van der Waals surface area contributed by atoms with E-state index in [1.807, 2.05) is 42.5 Å². The number of pyridine rings is 1. The van der Waals surface area contributed by atoms with E-state index in [-0.39, 0.29) is 5.91 Å². The number of carbonyl (C=O) groups excluding carboxylic acids is 1. The van der Waals surface area contributed by atoms with E-state index in [0.29, 0.717) is 17.3 Å². The highest BCUT2D eigenvalue weighted by atomic mass is 35.5. The lowest BCUT2D eigenvalue weighted by Crippen LogP contribution is -2.24. The molecule has 0 fully saturated rings. The van der Waals surface area contributed by atoms with E-state index in [9.17, 15) is 4.79 Å². The van der Waals surface area contributed by atoms with Crippen molar-refractivity contribution in [3.05, 3.63) is 83.1 Å². The number of carbonyl (C=O) groups is 1. The van der Waals surface area contributed by atoms with Crippen molar-refractivity contribution in [1.29, 1.82) is 0 Å². The summed E-state index contributed by atoms with van der Waals surface area (Å²) in [4.78, 5) is 16.3. The molecule has 0 saturated heterocycles. The summed E-state index contributed by atoms with van der Waals surface area (Å²) in [5, 5.41) is 3.48. The number of amides is 1. The van der Waals surface area contributed by atoms with Gasteiger partial charge in [-0.25, -0.2) is 0 Å². The fraction of sp³-hybridized carbons (Fsp3) is 0.100. The first-order valence-electron chi connectivity index (χ1n) is 7.80. The van der Waals surface area contributed by atoms with Gasteiger partial charge < -0.3 is 10.1 Å². The Morgan fingerprint density at radius 2 is 1.88 bits per heavy atom. The zero-order valence-electron chi connectivity index (χ0n) is 13.7. The van der Waals surface area contributed by atoms with Crippen molar-refractivity contribution in [2.45, 2.75) is 6.54 Å². The molecule has 126 valence electrons. The number of aromatic nitrogens is 1. The third-order valence-electron chi connectivity index (χ3n) is 3.84. The van der Waals surface area contributed by atoms with Gasteiger partial charge in [-0.15, -0.1) is 0 Å². The maximum absolute atomic E-state index is 12.2. The van der Waals surface area contributed by atoms with Crippen LogP contribution >= 0.6 is 11.6 Å². The van der Waals surface area contributed by atoms with Crippen molar-refractivity contribution in [2.24, 2.45) is 0 Å². The fourth-order valence-electron chi connectivity index (χ4n) is 2.54. The molecule has 3 aromatic rings. The predicted octanol–water partition coefficient (Wildman–Crippen LogP) is 4.34. The summed E-state index contributed by atoms with van der Waals surface area (Å²) in [5.41, 5.74) is 3.21. The third kappa shape index (κ3) is 3.98. The van der Waals surface area contributed by atoms with Gasteiger partial charge in [-0.1, -0.05) is 41.9 Å². The number of methoxy groups -OCH3 is 1. The second-order valence-corrected chi connectivity index (χ2v) is 5.80. The van der Waals surface area contributed by atoms with Gasteiger partial charge >= 0.3 is 0 Å². The molecule has 4 nitrogen and oxygen atoms in total. The van der Waals surface area contributed by atoms with Crippen LogP contribution in [0.2, 0.25) is 5.02 Å². The highest BCUT2D eigenvalue weighted by molar-refractivity contribution is 6.31. The van der Waals surface area contributed by atoms with E-state index in [2.05, 4.69) is 10.3 Å². The maximum Gasteiger partial charge on any atom is 0.270 e. The number of ether oxygens (including phenoxy) is 1. The van der Waals surface area contributed by atoms with Crippen molar-refractivity contribution in [3.63, 3.8) is 0 Å². The van der Waals surface area contributed by atoms with Gasteiger partial charge in [0.15, 0.2) is 0 Å². The lowest BCUT2D eigenvalue weighted by atomic mass is 9.99. The predicted molar refractivity (Wildman–Crippen MR) is 98.8 cm³/mol. The van der Waals surface area contributed by atoms with Crippen molar-refractivity contribution in [1.82, 2.24) is 10.3 Å². The number of hydrogen-bond donors (Lipinski definition) is 1. The Hall–Kier alpha value is -2.85. The van der Waals surface area contributed by atoms with Crippen molar-refractivity contribution in [2.75, 3.05) is 7.11 Å². The van der Waals surface area contributed by atoms with Crippen LogP contribution in [0, 0.1) is 0 Å². The summed E-state index contributed by atoms with van der Waals surface area (Å²) in [6.07, 6.45) is 1.59. The molecule has 0 aliphatic rings. The highest BCUT2D eigenvalue weighted by Gasteiger charge is 2.12. The summed E-state index contributed by atoms with van der Waals surface area (Å²) in [7, 11) is 1.63. The molecular formula is C20H17ClN2O2. The van der Waals surface area contributed by atoms with Gasteiger partial charge in [0.2, 0.25) is 0 Å². The van der Waals surface area contributed by atoms with Crippen LogP contribution in [0.5, 0.6) is 5.75 Å². The average Bonchev–Trinajstić information content (AvgIpc) is 2.67. The second-order valence-electron chi connectivity index (χ2n) is 5.39. The first kappa shape index (κ1) is 17.0. The molecule has 1 heterocycles. The van der Waals surface area contributed by atoms with Crippen molar-refractivity contribution >= 4 is 17.5 Å². The SMILES string of the molecule is COc1ccc(-c2cccc(Cl)c2CNC(=O)c2ccccn2)cc1. The van der Waals surface area contributed by atoms with Gasteiger partial charge in [-0.05, 0) is 47.0 Å². The Labute approximate surface area is 151 Å². The van der Waals surface area contributed by atoms with Crippen LogP contribution in [0.1, 0.15) is 16.1 Å². The number of hydrogen-bond acceptors (Lipinski definition) is 3. The van der Waals surface area contributed by atoms with Gasteiger partial charge in [-0.2, -0.15) is 0 Å². The van der Waals surface area contributed by atoms with Gasteiger partial charge in [0, 0.05) is 17.8 Å². The first-order chi connectivity index (χ1) is 12.2. The Morgan fingerprint density at radius 3 is 2.56 bits per heavy atom. The van der Waals surface area contributed by atoms with E-state index in [1.165, 1.54) is 0 Å². The normalized spacial score (nSPS) is 10.3. The minimum Gasteiger partial charge on any atom is -0.497 e. The average molecular weight is 353 g/mol. The van der Waals surface area contributed by atoms with E-state index >= 15 is 0 Å². The lowest BCUT2D eigenvalue weighted by Gasteiger charge is -2.13. The summed E-state index contributed by atoms with van der Waals surface area (Å²) >= 11 is 6.38. The molecule has 0 atom stereocenters. The van der Waals surface area contributed by atoms with E-state index in [0.717, 1.165) is 22.4 Å². The van der Waals surface area contributed by atoms with Crippen molar-refractivity contribution < 1.29 is 9.53 Å².